The van der Waals surface area contributed by atoms with Crippen LogP contribution in [0.3, 0.4) is 0 Å². The van der Waals surface area contributed by atoms with E-state index < -0.39 is 0 Å². The average Bonchev–Trinajstić information content (AvgIpc) is 3.37. The van der Waals surface area contributed by atoms with Gasteiger partial charge in [0, 0.05) is 29.8 Å². The number of benzene rings is 1. The van der Waals surface area contributed by atoms with Gasteiger partial charge in [-0.2, -0.15) is 0 Å². The Morgan fingerprint density at radius 3 is 2.83 bits per heavy atom. The van der Waals surface area contributed by atoms with Crippen molar-refractivity contribution < 1.29 is 13.6 Å². The summed E-state index contributed by atoms with van der Waals surface area (Å²) in [5.41, 5.74) is 1.88. The minimum atomic E-state index is -0.301. The lowest BCUT2D eigenvalue weighted by Crippen LogP contribution is -2.31. The fraction of sp³-hybridized carbons (Fsp3) is 0.318. The summed E-state index contributed by atoms with van der Waals surface area (Å²) in [5, 5.41) is 0.751. The van der Waals surface area contributed by atoms with E-state index in [0.717, 1.165) is 35.7 Å². The van der Waals surface area contributed by atoms with E-state index in [1.165, 1.54) is 23.4 Å². The summed E-state index contributed by atoms with van der Waals surface area (Å²) in [6.07, 6.45) is 8.35. The fourth-order valence-electron chi connectivity index (χ4n) is 3.39. The van der Waals surface area contributed by atoms with E-state index in [9.17, 15) is 9.18 Å². The van der Waals surface area contributed by atoms with Crippen molar-refractivity contribution in [2.45, 2.75) is 38.5 Å². The first-order chi connectivity index (χ1) is 14.1. The second-order valence-corrected chi connectivity index (χ2v) is 8.05. The van der Waals surface area contributed by atoms with Gasteiger partial charge in [-0.15, -0.1) is 17.9 Å². The number of aromatic nitrogens is 2. The average molecular weight is 412 g/mol. The molecule has 0 aliphatic heterocycles. The van der Waals surface area contributed by atoms with Crippen LogP contribution in [0.5, 0.6) is 0 Å². The van der Waals surface area contributed by atoms with Gasteiger partial charge >= 0.3 is 0 Å². The van der Waals surface area contributed by atoms with Gasteiger partial charge in [0.15, 0.2) is 16.8 Å². The molecule has 0 saturated carbocycles. The zero-order valence-corrected chi connectivity index (χ0v) is 16.9. The molecule has 1 aromatic carbocycles. The molecule has 1 amide bonds. The molecule has 0 unspecified atom stereocenters. The number of halogens is 1. The van der Waals surface area contributed by atoms with Gasteiger partial charge in [-0.25, -0.2) is 14.4 Å². The van der Waals surface area contributed by atoms with E-state index in [-0.39, 0.29) is 18.1 Å². The molecule has 2 heterocycles. The molecule has 0 atom stereocenters. The van der Waals surface area contributed by atoms with Gasteiger partial charge in [0.05, 0.1) is 11.9 Å². The Morgan fingerprint density at radius 1 is 1.28 bits per heavy atom. The highest BCUT2D eigenvalue weighted by Crippen LogP contribution is 2.32. The second-order valence-electron chi connectivity index (χ2n) is 6.99. The van der Waals surface area contributed by atoms with Crippen LogP contribution in [-0.2, 0) is 24.1 Å². The summed E-state index contributed by atoms with van der Waals surface area (Å²) < 4.78 is 18.8. The largest absolute Gasteiger partial charge is 0.441 e. The van der Waals surface area contributed by atoms with Crippen molar-refractivity contribution in [2.75, 3.05) is 11.4 Å². The lowest BCUT2D eigenvalue weighted by atomic mass is 10.0. The van der Waals surface area contributed by atoms with E-state index in [2.05, 4.69) is 11.6 Å². The molecule has 0 fully saturated rings. The van der Waals surface area contributed by atoms with Gasteiger partial charge < -0.3 is 4.42 Å². The predicted molar refractivity (Wildman–Crippen MR) is 112 cm³/mol. The van der Waals surface area contributed by atoms with Crippen LogP contribution in [0.15, 0.2) is 47.5 Å². The molecule has 150 valence electrons. The third kappa shape index (κ3) is 4.45. The van der Waals surface area contributed by atoms with E-state index in [0.29, 0.717) is 24.6 Å². The van der Waals surface area contributed by atoms with Gasteiger partial charge in [-0.3, -0.25) is 9.69 Å². The number of carbonyl (C=O) groups is 1. The summed E-state index contributed by atoms with van der Waals surface area (Å²) in [6, 6.07) is 6.03. The summed E-state index contributed by atoms with van der Waals surface area (Å²) in [6.45, 7) is 4.21. The number of hydrogen-bond acceptors (Lipinski definition) is 5. The quantitative estimate of drug-likeness (QED) is 0.515. The Bertz CT molecular complexity index is 986. The maximum Gasteiger partial charge on any atom is 0.229 e. The standard InChI is InChI=1S/C22H22FN3O2S/c1-2-13-26(22-25-17-5-3-4-6-19(17)29-22)21(27)12-11-20-24-14-18(28-20)15-7-9-16(23)10-8-15/h2,7-10,14H,1,3-6,11-13H2. The number of aryl methyl sites for hydroxylation is 3. The van der Waals surface area contributed by atoms with Crippen molar-refractivity contribution >= 4 is 22.4 Å². The number of fused-ring (bicyclic) bond motifs is 1. The van der Waals surface area contributed by atoms with Crippen LogP contribution >= 0.6 is 11.3 Å². The Kier molecular flexibility index (Phi) is 5.85. The van der Waals surface area contributed by atoms with E-state index >= 15 is 0 Å². The lowest BCUT2D eigenvalue weighted by Gasteiger charge is -2.17. The molecule has 0 spiro atoms. The highest BCUT2D eigenvalue weighted by Gasteiger charge is 2.22. The molecular weight excluding hydrogens is 389 g/mol. The van der Waals surface area contributed by atoms with Gasteiger partial charge in [-0.05, 0) is 49.9 Å². The van der Waals surface area contributed by atoms with Gasteiger partial charge in [0.1, 0.15) is 5.82 Å². The molecule has 4 rings (SSSR count). The number of nitrogens with zero attached hydrogens (tertiary/aromatic N) is 3. The van der Waals surface area contributed by atoms with E-state index in [1.807, 2.05) is 0 Å². The third-order valence-corrected chi connectivity index (χ3v) is 6.09. The molecule has 29 heavy (non-hydrogen) atoms. The first-order valence-corrected chi connectivity index (χ1v) is 10.6. The molecule has 5 nitrogen and oxygen atoms in total. The molecule has 3 aromatic rings. The van der Waals surface area contributed by atoms with Crippen molar-refractivity contribution in [3.63, 3.8) is 0 Å². The Balaban J connectivity index is 1.43. The van der Waals surface area contributed by atoms with Crippen LogP contribution in [0.1, 0.15) is 35.7 Å². The van der Waals surface area contributed by atoms with Crippen molar-refractivity contribution in [1.29, 1.82) is 0 Å². The van der Waals surface area contributed by atoms with Crippen molar-refractivity contribution in [3.05, 3.63) is 65.4 Å². The summed E-state index contributed by atoms with van der Waals surface area (Å²) >= 11 is 1.61. The maximum absolute atomic E-state index is 13.1. The van der Waals surface area contributed by atoms with Crippen LogP contribution in [0, 0.1) is 5.82 Å². The monoisotopic (exact) mass is 411 g/mol. The number of oxazole rings is 1. The molecule has 0 bridgehead atoms. The topological polar surface area (TPSA) is 59.2 Å². The van der Waals surface area contributed by atoms with Crippen LogP contribution in [0.4, 0.5) is 9.52 Å². The SMILES string of the molecule is C=CCN(C(=O)CCc1ncc(-c2ccc(F)cc2)o1)c1nc2c(s1)CCCC2. The minimum Gasteiger partial charge on any atom is -0.441 e. The lowest BCUT2D eigenvalue weighted by molar-refractivity contribution is -0.118. The number of carbonyl (C=O) groups excluding carboxylic acids is 1. The Morgan fingerprint density at radius 2 is 2.07 bits per heavy atom. The zero-order valence-electron chi connectivity index (χ0n) is 16.1. The Labute approximate surface area is 172 Å². The van der Waals surface area contributed by atoms with Gasteiger partial charge in [-0.1, -0.05) is 6.08 Å². The van der Waals surface area contributed by atoms with Gasteiger partial charge in [0.25, 0.3) is 0 Å². The van der Waals surface area contributed by atoms with Crippen LogP contribution < -0.4 is 4.90 Å². The number of anilines is 1. The second kappa shape index (κ2) is 8.69. The molecule has 2 aromatic heterocycles. The zero-order chi connectivity index (χ0) is 20.2. The number of hydrogen-bond donors (Lipinski definition) is 0. The molecular formula is C22H22FN3O2S. The normalized spacial score (nSPS) is 13.1. The first kappa shape index (κ1) is 19.5. The van der Waals surface area contributed by atoms with Crippen LogP contribution in [0.2, 0.25) is 0 Å². The molecule has 1 aliphatic carbocycles. The number of thiazole rings is 1. The molecule has 1 aliphatic rings. The smallest absolute Gasteiger partial charge is 0.229 e. The molecule has 0 radical (unpaired) electrons. The van der Waals surface area contributed by atoms with Crippen LogP contribution in [0.25, 0.3) is 11.3 Å². The highest BCUT2D eigenvalue weighted by molar-refractivity contribution is 7.16. The van der Waals surface area contributed by atoms with Crippen LogP contribution in [-0.4, -0.2) is 22.4 Å². The number of amides is 1. The number of rotatable bonds is 7. The first-order valence-electron chi connectivity index (χ1n) is 9.74. The van der Waals surface area contributed by atoms with E-state index in [4.69, 9.17) is 9.40 Å². The highest BCUT2D eigenvalue weighted by atomic mass is 32.1. The molecule has 0 saturated heterocycles. The van der Waals surface area contributed by atoms with Crippen molar-refractivity contribution in [1.82, 2.24) is 9.97 Å². The van der Waals surface area contributed by atoms with Crippen molar-refractivity contribution in [2.24, 2.45) is 0 Å². The summed E-state index contributed by atoms with van der Waals surface area (Å²) in [4.78, 5) is 24.8. The van der Waals surface area contributed by atoms with Gasteiger partial charge in [0.2, 0.25) is 5.91 Å². The third-order valence-electron chi connectivity index (χ3n) is 4.91. The maximum atomic E-state index is 13.1. The fourth-order valence-corrected chi connectivity index (χ4v) is 4.57. The predicted octanol–water partition coefficient (Wildman–Crippen LogP) is 4.97. The minimum absolute atomic E-state index is 0.0301. The Hall–Kier alpha value is -2.80. The molecule has 0 N–H and O–H groups in total. The van der Waals surface area contributed by atoms with E-state index in [1.54, 1.807) is 40.6 Å². The summed E-state index contributed by atoms with van der Waals surface area (Å²) in [7, 11) is 0. The molecule has 7 heteroatoms. The summed E-state index contributed by atoms with van der Waals surface area (Å²) in [5.74, 6) is 0.709. The van der Waals surface area contributed by atoms with Crippen molar-refractivity contribution in [3.8, 4) is 11.3 Å².